The average molecular weight is 279 g/mol. The Bertz CT molecular complexity index is 539. The van der Waals surface area contributed by atoms with Crippen molar-refractivity contribution < 1.29 is 14.7 Å². The summed E-state index contributed by atoms with van der Waals surface area (Å²) in [6.07, 6.45) is 0.820. The fourth-order valence-corrected chi connectivity index (χ4v) is 1.81. The van der Waals surface area contributed by atoms with E-state index in [-0.39, 0.29) is 11.2 Å². The number of hydrazine groups is 1. The van der Waals surface area contributed by atoms with E-state index < -0.39 is 11.8 Å². The highest BCUT2D eigenvalue weighted by molar-refractivity contribution is 6.39. The number of rotatable bonds is 3. The van der Waals surface area contributed by atoms with Crippen LogP contribution < -0.4 is 16.6 Å². The normalized spacial score (nSPS) is 11.1. The maximum Gasteiger partial charge on any atom is 0.323 e. The van der Waals surface area contributed by atoms with Gasteiger partial charge in [0, 0.05) is 11.3 Å². The molecule has 0 spiro atoms. The maximum absolute atomic E-state index is 11.5. The van der Waals surface area contributed by atoms with Gasteiger partial charge >= 0.3 is 11.8 Å². The third kappa shape index (κ3) is 3.27. The van der Waals surface area contributed by atoms with Gasteiger partial charge in [0.1, 0.15) is 5.75 Å². The second kappa shape index (κ2) is 5.92. The Labute approximate surface area is 118 Å². The van der Waals surface area contributed by atoms with Gasteiger partial charge in [-0.15, -0.1) is 0 Å². The Kier molecular flexibility index (Phi) is 4.73. The molecule has 0 fully saturated rings. The Morgan fingerprint density at radius 3 is 2.40 bits per heavy atom. The quantitative estimate of drug-likeness (QED) is 0.220. The van der Waals surface area contributed by atoms with Crippen molar-refractivity contribution >= 4 is 17.5 Å². The minimum atomic E-state index is -0.924. The van der Waals surface area contributed by atoms with Crippen LogP contribution in [0.1, 0.15) is 38.3 Å². The lowest BCUT2D eigenvalue weighted by molar-refractivity contribution is -0.136. The minimum Gasteiger partial charge on any atom is -0.507 e. The summed E-state index contributed by atoms with van der Waals surface area (Å²) in [6.45, 7) is 7.75. The number of phenols is 1. The van der Waals surface area contributed by atoms with Crippen molar-refractivity contribution in [3.8, 4) is 5.75 Å². The Hall–Kier alpha value is -2.08. The molecule has 6 nitrogen and oxygen atoms in total. The zero-order chi connectivity index (χ0) is 15.5. The van der Waals surface area contributed by atoms with Crippen LogP contribution in [0.3, 0.4) is 0 Å². The largest absolute Gasteiger partial charge is 0.507 e. The van der Waals surface area contributed by atoms with Crippen molar-refractivity contribution in [2.75, 3.05) is 5.32 Å². The van der Waals surface area contributed by atoms with E-state index in [0.29, 0.717) is 11.3 Å². The number of amides is 2. The third-order valence-electron chi connectivity index (χ3n) is 3.51. The van der Waals surface area contributed by atoms with Crippen molar-refractivity contribution in [3.05, 3.63) is 23.3 Å². The summed E-state index contributed by atoms with van der Waals surface area (Å²) in [6, 6.07) is 3.28. The standard InChI is InChI=1S/C14H21N3O3/c1-5-14(3,4)10-7-9(6-8(2)11(10)18)16-12(19)13(20)17-15/h6-7,18H,5,15H2,1-4H3,(H,16,19)(H,17,20). The van der Waals surface area contributed by atoms with Crippen LogP contribution in [0.25, 0.3) is 0 Å². The molecule has 2 amide bonds. The van der Waals surface area contributed by atoms with Crippen LogP contribution in [0.5, 0.6) is 5.75 Å². The van der Waals surface area contributed by atoms with Gasteiger partial charge in [-0.1, -0.05) is 20.8 Å². The summed E-state index contributed by atoms with van der Waals surface area (Å²) in [7, 11) is 0. The average Bonchev–Trinajstić information content (AvgIpc) is 2.41. The summed E-state index contributed by atoms with van der Waals surface area (Å²) in [5.41, 5.74) is 3.33. The van der Waals surface area contributed by atoms with Crippen LogP contribution in [0.4, 0.5) is 5.69 Å². The second-order valence-electron chi connectivity index (χ2n) is 5.35. The molecule has 0 saturated heterocycles. The van der Waals surface area contributed by atoms with E-state index >= 15 is 0 Å². The summed E-state index contributed by atoms with van der Waals surface area (Å²) in [5, 5.41) is 12.6. The highest BCUT2D eigenvalue weighted by Crippen LogP contribution is 2.37. The van der Waals surface area contributed by atoms with Crippen LogP contribution in [-0.4, -0.2) is 16.9 Å². The number of phenolic OH excluding ortho intramolecular Hbond substituents is 1. The van der Waals surface area contributed by atoms with Gasteiger partial charge in [-0.2, -0.15) is 0 Å². The number of aromatic hydroxyl groups is 1. The van der Waals surface area contributed by atoms with Crippen LogP contribution >= 0.6 is 0 Å². The monoisotopic (exact) mass is 279 g/mol. The highest BCUT2D eigenvalue weighted by Gasteiger charge is 2.24. The molecule has 5 N–H and O–H groups in total. The molecular weight excluding hydrogens is 258 g/mol. The Morgan fingerprint density at radius 2 is 1.90 bits per heavy atom. The van der Waals surface area contributed by atoms with Crippen LogP contribution in [-0.2, 0) is 15.0 Å². The number of carbonyl (C=O) groups excluding carboxylic acids is 2. The lowest BCUT2D eigenvalue weighted by Gasteiger charge is -2.26. The zero-order valence-electron chi connectivity index (χ0n) is 12.2. The van der Waals surface area contributed by atoms with Crippen LogP contribution in [0, 0.1) is 6.92 Å². The molecule has 0 aliphatic heterocycles. The molecule has 0 radical (unpaired) electrons. The molecule has 0 heterocycles. The number of anilines is 1. The predicted octanol–water partition coefficient (Wildman–Crippen LogP) is 1.32. The molecule has 0 aromatic heterocycles. The third-order valence-corrected chi connectivity index (χ3v) is 3.51. The maximum atomic E-state index is 11.5. The molecule has 0 aliphatic carbocycles. The SMILES string of the molecule is CCC(C)(C)c1cc(NC(=O)C(=O)NN)cc(C)c1O. The minimum absolute atomic E-state index is 0.207. The molecular formula is C14H21N3O3. The number of nitrogens with two attached hydrogens (primary N) is 1. The van der Waals surface area contributed by atoms with E-state index in [4.69, 9.17) is 5.84 Å². The fraction of sp³-hybridized carbons (Fsp3) is 0.429. The number of hydrogen-bond donors (Lipinski definition) is 4. The zero-order valence-corrected chi connectivity index (χ0v) is 12.2. The molecule has 6 heteroatoms. The predicted molar refractivity (Wildman–Crippen MR) is 77.1 cm³/mol. The first-order valence-electron chi connectivity index (χ1n) is 6.39. The molecule has 110 valence electrons. The summed E-state index contributed by atoms with van der Waals surface area (Å²) < 4.78 is 0. The molecule has 0 saturated carbocycles. The van der Waals surface area contributed by atoms with E-state index in [0.717, 1.165) is 12.0 Å². The highest BCUT2D eigenvalue weighted by atomic mass is 16.3. The first-order chi connectivity index (χ1) is 9.22. The molecule has 1 rings (SSSR count). The summed E-state index contributed by atoms with van der Waals surface area (Å²) in [5.74, 6) is 3.33. The van der Waals surface area contributed by atoms with Crippen molar-refractivity contribution in [2.45, 2.75) is 39.5 Å². The van der Waals surface area contributed by atoms with E-state index in [9.17, 15) is 14.7 Å². The van der Waals surface area contributed by atoms with Crippen molar-refractivity contribution in [3.63, 3.8) is 0 Å². The number of aryl methyl sites for hydroxylation is 1. The Morgan fingerprint density at radius 1 is 1.30 bits per heavy atom. The van der Waals surface area contributed by atoms with Gasteiger partial charge in [-0.25, -0.2) is 5.84 Å². The van der Waals surface area contributed by atoms with Crippen molar-refractivity contribution in [1.29, 1.82) is 0 Å². The van der Waals surface area contributed by atoms with E-state index in [2.05, 4.69) is 5.32 Å². The molecule has 20 heavy (non-hydrogen) atoms. The van der Waals surface area contributed by atoms with Crippen LogP contribution in [0.15, 0.2) is 12.1 Å². The van der Waals surface area contributed by atoms with Crippen molar-refractivity contribution in [2.24, 2.45) is 5.84 Å². The summed E-state index contributed by atoms with van der Waals surface area (Å²) in [4.78, 5) is 22.6. The number of nitrogens with one attached hydrogen (secondary N) is 2. The smallest absolute Gasteiger partial charge is 0.323 e. The first kappa shape index (κ1) is 16.0. The number of benzene rings is 1. The lowest BCUT2D eigenvalue weighted by Crippen LogP contribution is -2.39. The van der Waals surface area contributed by atoms with E-state index in [1.54, 1.807) is 24.5 Å². The number of hydrogen-bond acceptors (Lipinski definition) is 4. The number of carbonyl (C=O) groups is 2. The molecule has 0 aliphatic rings. The van der Waals surface area contributed by atoms with Gasteiger partial charge in [0.15, 0.2) is 0 Å². The van der Waals surface area contributed by atoms with E-state index in [1.165, 1.54) is 0 Å². The second-order valence-corrected chi connectivity index (χ2v) is 5.35. The van der Waals surface area contributed by atoms with Crippen molar-refractivity contribution in [1.82, 2.24) is 5.43 Å². The van der Waals surface area contributed by atoms with Gasteiger partial charge < -0.3 is 10.4 Å². The Balaban J connectivity index is 3.19. The van der Waals surface area contributed by atoms with Gasteiger partial charge in [-0.05, 0) is 36.5 Å². The lowest BCUT2D eigenvalue weighted by atomic mass is 9.80. The first-order valence-corrected chi connectivity index (χ1v) is 6.39. The van der Waals surface area contributed by atoms with Crippen LogP contribution in [0.2, 0.25) is 0 Å². The van der Waals surface area contributed by atoms with E-state index in [1.807, 2.05) is 20.8 Å². The van der Waals surface area contributed by atoms with Gasteiger partial charge in [0.05, 0.1) is 0 Å². The van der Waals surface area contributed by atoms with Gasteiger partial charge in [0.25, 0.3) is 0 Å². The van der Waals surface area contributed by atoms with Gasteiger partial charge in [-0.3, -0.25) is 15.0 Å². The summed E-state index contributed by atoms with van der Waals surface area (Å²) >= 11 is 0. The topological polar surface area (TPSA) is 104 Å². The molecule has 0 bridgehead atoms. The molecule has 0 atom stereocenters. The molecule has 0 unspecified atom stereocenters. The van der Waals surface area contributed by atoms with Gasteiger partial charge in [0.2, 0.25) is 0 Å². The molecule has 1 aromatic carbocycles. The fourth-order valence-electron chi connectivity index (χ4n) is 1.81. The molecule has 1 aromatic rings.